The van der Waals surface area contributed by atoms with E-state index in [1.54, 1.807) is 4.31 Å². The zero-order chi connectivity index (χ0) is 16.4. The van der Waals surface area contributed by atoms with Crippen LogP contribution < -0.4 is 4.90 Å². The van der Waals surface area contributed by atoms with Crippen LogP contribution in [0.25, 0.3) is 0 Å². The molecule has 1 aromatic rings. The molecule has 0 bridgehead atoms. The average Bonchev–Trinajstić information content (AvgIpc) is 3.03. The molecule has 2 aliphatic rings. The normalized spacial score (nSPS) is 28.2. The van der Waals surface area contributed by atoms with Crippen molar-refractivity contribution in [3.63, 3.8) is 0 Å². The lowest BCUT2D eigenvalue weighted by Crippen LogP contribution is -2.55. The highest BCUT2D eigenvalue weighted by Gasteiger charge is 2.30. The zero-order valence-corrected chi connectivity index (χ0v) is 14.6. The summed E-state index contributed by atoms with van der Waals surface area (Å²) in [5.41, 5.74) is 1.20. The highest BCUT2D eigenvalue weighted by Crippen LogP contribution is 2.21. The van der Waals surface area contributed by atoms with E-state index in [9.17, 15) is 8.42 Å². The van der Waals surface area contributed by atoms with Crippen LogP contribution in [-0.2, 0) is 14.8 Å². The Hall–Kier alpha value is -1.09. The summed E-state index contributed by atoms with van der Waals surface area (Å²) in [4.78, 5) is 7.78. The summed E-state index contributed by atoms with van der Waals surface area (Å²) in [5, 5.41) is 0. The van der Waals surface area contributed by atoms with Crippen molar-refractivity contribution < 1.29 is 13.2 Å². The summed E-state index contributed by atoms with van der Waals surface area (Å²) in [7, 11) is -3.06. The fraction of sp³-hybridized carbons (Fsp3) is 0.733. The first-order valence-electron chi connectivity index (χ1n) is 8.12. The van der Waals surface area contributed by atoms with E-state index in [-0.39, 0.29) is 6.10 Å². The molecule has 2 aliphatic heterocycles. The molecule has 130 valence electrons. The minimum atomic E-state index is -3.06. The Kier molecular flexibility index (Phi) is 4.96. The summed E-state index contributed by atoms with van der Waals surface area (Å²) >= 11 is 0. The van der Waals surface area contributed by atoms with E-state index in [1.165, 1.54) is 11.9 Å². The predicted octanol–water partition coefficient (Wildman–Crippen LogP) is 0.186. The highest BCUT2D eigenvalue weighted by molar-refractivity contribution is 7.88. The van der Waals surface area contributed by atoms with E-state index < -0.39 is 10.0 Å². The molecule has 2 atom stereocenters. The SMILES string of the molecule is CC1COC(CN2CCN(S(C)(=O)=O)CC2)CN1c1cc[nH]c1. The lowest BCUT2D eigenvalue weighted by Gasteiger charge is -2.42. The van der Waals surface area contributed by atoms with Gasteiger partial charge in [0.05, 0.1) is 24.7 Å². The largest absolute Gasteiger partial charge is 0.373 e. The zero-order valence-electron chi connectivity index (χ0n) is 13.8. The van der Waals surface area contributed by atoms with Gasteiger partial charge in [0.25, 0.3) is 0 Å². The lowest BCUT2D eigenvalue weighted by atomic mass is 10.1. The Balaban J connectivity index is 1.53. The molecule has 1 aromatic heterocycles. The van der Waals surface area contributed by atoms with Crippen molar-refractivity contribution in [2.45, 2.75) is 19.1 Å². The van der Waals surface area contributed by atoms with Crippen molar-refractivity contribution in [3.8, 4) is 0 Å². The average molecular weight is 342 g/mol. The fourth-order valence-electron chi connectivity index (χ4n) is 3.31. The van der Waals surface area contributed by atoms with Crippen LogP contribution in [0.5, 0.6) is 0 Å². The van der Waals surface area contributed by atoms with Gasteiger partial charge in [-0.1, -0.05) is 0 Å². The van der Waals surface area contributed by atoms with Crippen LogP contribution in [0.1, 0.15) is 6.92 Å². The van der Waals surface area contributed by atoms with Gasteiger partial charge in [-0.25, -0.2) is 8.42 Å². The van der Waals surface area contributed by atoms with E-state index in [0.717, 1.165) is 32.8 Å². The molecule has 2 fully saturated rings. The van der Waals surface area contributed by atoms with E-state index in [2.05, 4.69) is 27.8 Å². The van der Waals surface area contributed by atoms with Crippen LogP contribution >= 0.6 is 0 Å². The molecule has 3 rings (SSSR count). The van der Waals surface area contributed by atoms with Crippen molar-refractivity contribution in [2.24, 2.45) is 0 Å². The monoisotopic (exact) mass is 342 g/mol. The van der Waals surface area contributed by atoms with Crippen LogP contribution in [-0.4, -0.2) is 86.9 Å². The summed E-state index contributed by atoms with van der Waals surface area (Å²) in [5.74, 6) is 0. The van der Waals surface area contributed by atoms with E-state index >= 15 is 0 Å². The van der Waals surface area contributed by atoms with Crippen molar-refractivity contribution in [1.82, 2.24) is 14.2 Å². The minimum absolute atomic E-state index is 0.158. The number of H-pyrrole nitrogens is 1. The van der Waals surface area contributed by atoms with Gasteiger partial charge in [-0.3, -0.25) is 4.90 Å². The van der Waals surface area contributed by atoms with Gasteiger partial charge in [0.15, 0.2) is 0 Å². The molecule has 7 nitrogen and oxygen atoms in total. The summed E-state index contributed by atoms with van der Waals surface area (Å²) in [6.45, 7) is 7.30. The Morgan fingerprint density at radius 3 is 2.65 bits per heavy atom. The highest BCUT2D eigenvalue weighted by atomic mass is 32.2. The van der Waals surface area contributed by atoms with Crippen LogP contribution in [0, 0.1) is 0 Å². The first-order valence-corrected chi connectivity index (χ1v) is 9.97. The summed E-state index contributed by atoms with van der Waals surface area (Å²) in [6.07, 6.45) is 5.40. The third-order valence-corrected chi connectivity index (χ3v) is 5.98. The van der Waals surface area contributed by atoms with E-state index in [4.69, 9.17) is 4.74 Å². The van der Waals surface area contributed by atoms with E-state index in [0.29, 0.717) is 19.1 Å². The van der Waals surface area contributed by atoms with Gasteiger partial charge in [-0.15, -0.1) is 0 Å². The number of nitrogens with zero attached hydrogens (tertiary/aromatic N) is 3. The number of nitrogens with one attached hydrogen (secondary N) is 1. The number of anilines is 1. The first kappa shape index (κ1) is 16.8. The maximum absolute atomic E-state index is 11.6. The third-order valence-electron chi connectivity index (χ3n) is 4.68. The molecule has 8 heteroatoms. The van der Waals surface area contributed by atoms with Gasteiger partial charge in [-0.05, 0) is 13.0 Å². The van der Waals surface area contributed by atoms with Gasteiger partial charge >= 0.3 is 0 Å². The Morgan fingerprint density at radius 1 is 1.30 bits per heavy atom. The number of morpholine rings is 1. The van der Waals surface area contributed by atoms with Crippen LogP contribution in [0.15, 0.2) is 18.5 Å². The second-order valence-corrected chi connectivity index (χ2v) is 8.47. The number of rotatable bonds is 4. The number of aromatic amines is 1. The fourth-order valence-corrected chi connectivity index (χ4v) is 4.14. The molecule has 0 aliphatic carbocycles. The smallest absolute Gasteiger partial charge is 0.211 e. The van der Waals surface area contributed by atoms with Gasteiger partial charge in [0, 0.05) is 57.7 Å². The Bertz CT molecular complexity index is 596. The summed E-state index contributed by atoms with van der Waals surface area (Å²) in [6, 6.07) is 2.45. The quantitative estimate of drug-likeness (QED) is 0.846. The van der Waals surface area contributed by atoms with Crippen molar-refractivity contribution in [3.05, 3.63) is 18.5 Å². The number of hydrogen-bond donors (Lipinski definition) is 1. The second kappa shape index (κ2) is 6.80. The molecular formula is C15H26N4O3S. The number of piperazine rings is 1. The molecule has 0 amide bonds. The molecule has 0 spiro atoms. The maximum Gasteiger partial charge on any atom is 0.211 e. The minimum Gasteiger partial charge on any atom is -0.373 e. The third kappa shape index (κ3) is 4.06. The molecule has 0 saturated carbocycles. The van der Waals surface area contributed by atoms with Crippen LogP contribution in [0.2, 0.25) is 0 Å². The molecule has 1 N–H and O–H groups in total. The van der Waals surface area contributed by atoms with Crippen molar-refractivity contribution in [1.29, 1.82) is 0 Å². The lowest BCUT2D eigenvalue weighted by molar-refractivity contribution is -0.00377. The maximum atomic E-state index is 11.6. The number of hydrogen-bond acceptors (Lipinski definition) is 5. The Labute approximate surface area is 138 Å². The van der Waals surface area contributed by atoms with Crippen molar-refractivity contribution in [2.75, 3.05) is 57.0 Å². The predicted molar refractivity (Wildman–Crippen MR) is 90.2 cm³/mol. The molecule has 0 radical (unpaired) electrons. The van der Waals surface area contributed by atoms with Gasteiger partial charge < -0.3 is 14.6 Å². The molecule has 2 unspecified atom stereocenters. The first-order chi connectivity index (χ1) is 10.9. The van der Waals surface area contributed by atoms with Crippen LogP contribution in [0.3, 0.4) is 0 Å². The van der Waals surface area contributed by atoms with Gasteiger partial charge in [0.1, 0.15) is 0 Å². The van der Waals surface area contributed by atoms with Gasteiger partial charge in [0.2, 0.25) is 10.0 Å². The number of sulfonamides is 1. The van der Waals surface area contributed by atoms with Crippen LogP contribution in [0.4, 0.5) is 5.69 Å². The standard InChI is InChI=1S/C15H26N4O3S/c1-13-12-22-15(11-19(13)14-3-4-16-9-14)10-17-5-7-18(8-6-17)23(2,20)21/h3-4,9,13,15-16H,5-8,10-12H2,1-2H3. The molecule has 0 aromatic carbocycles. The number of aromatic nitrogens is 1. The molecule has 2 saturated heterocycles. The van der Waals surface area contributed by atoms with E-state index in [1.807, 2.05) is 12.4 Å². The molecular weight excluding hydrogens is 316 g/mol. The topological polar surface area (TPSA) is 68.9 Å². The van der Waals surface area contributed by atoms with Gasteiger partial charge in [-0.2, -0.15) is 4.31 Å². The Morgan fingerprint density at radius 2 is 2.04 bits per heavy atom. The van der Waals surface area contributed by atoms with Crippen molar-refractivity contribution >= 4 is 15.7 Å². The second-order valence-electron chi connectivity index (χ2n) is 6.49. The molecule has 3 heterocycles. The molecule has 23 heavy (non-hydrogen) atoms. The summed E-state index contributed by atoms with van der Waals surface area (Å²) < 4.78 is 30.7. The number of ether oxygens (including phenoxy) is 1.